The predicted octanol–water partition coefficient (Wildman–Crippen LogP) is 3.10. The van der Waals surface area contributed by atoms with Crippen LogP contribution in [0, 0.1) is 15.5 Å². The van der Waals surface area contributed by atoms with Gasteiger partial charge in [0.05, 0.1) is 29.6 Å². The van der Waals surface area contributed by atoms with Gasteiger partial charge < -0.3 is 19.5 Å². The van der Waals surface area contributed by atoms with E-state index in [1.807, 2.05) is 13.8 Å². The van der Waals surface area contributed by atoms with Gasteiger partial charge in [-0.15, -0.1) is 0 Å². The number of nitrogens with zero attached hydrogens (tertiary/aromatic N) is 1. The topological polar surface area (TPSA) is 117 Å². The number of ketones is 1. The SMILES string of the molecule is COC(=O)C1=C(C)NC2=C(C(=O)CC(C)(C)C2)C1c1cc2c(cc1[N+](=O)[O-])OCO2. The molecule has 0 fully saturated rings. The molecule has 1 N–H and O–H groups in total. The van der Waals surface area contributed by atoms with E-state index >= 15 is 0 Å². The minimum absolute atomic E-state index is 0.0536. The number of allylic oxidation sites excluding steroid dienone is 3. The largest absolute Gasteiger partial charge is 0.466 e. The number of nitrogens with one attached hydrogen (secondary N) is 1. The molecule has 1 aliphatic carbocycles. The number of nitro groups is 1. The van der Waals surface area contributed by atoms with Gasteiger partial charge in [-0.05, 0) is 24.8 Å². The summed E-state index contributed by atoms with van der Waals surface area (Å²) in [4.78, 5) is 37.3. The maximum atomic E-state index is 13.2. The number of carbonyl (C=O) groups excluding carboxylic acids is 2. The van der Waals surface area contributed by atoms with E-state index in [1.165, 1.54) is 19.2 Å². The van der Waals surface area contributed by atoms with Crippen LogP contribution < -0.4 is 14.8 Å². The third kappa shape index (κ3) is 3.10. The summed E-state index contributed by atoms with van der Waals surface area (Å²) in [6, 6.07) is 2.77. The van der Waals surface area contributed by atoms with Crippen molar-refractivity contribution in [1.82, 2.24) is 5.32 Å². The van der Waals surface area contributed by atoms with Crippen LogP contribution in [0.1, 0.15) is 45.1 Å². The first-order valence-corrected chi connectivity index (χ1v) is 9.53. The van der Waals surface area contributed by atoms with Gasteiger partial charge in [0.25, 0.3) is 5.69 Å². The molecule has 30 heavy (non-hydrogen) atoms. The van der Waals surface area contributed by atoms with Crippen molar-refractivity contribution in [2.24, 2.45) is 5.41 Å². The summed E-state index contributed by atoms with van der Waals surface area (Å²) < 4.78 is 15.7. The lowest BCUT2D eigenvalue weighted by molar-refractivity contribution is -0.385. The molecule has 0 radical (unpaired) electrons. The summed E-state index contributed by atoms with van der Waals surface area (Å²) in [5.41, 5.74) is 1.41. The van der Waals surface area contributed by atoms with Gasteiger partial charge in [-0.25, -0.2) is 4.79 Å². The van der Waals surface area contributed by atoms with Gasteiger partial charge in [0.1, 0.15) is 0 Å². The number of methoxy groups -OCH3 is 1. The summed E-state index contributed by atoms with van der Waals surface area (Å²) in [6.45, 7) is 5.63. The molecule has 0 saturated heterocycles. The van der Waals surface area contributed by atoms with Crippen LogP contribution >= 0.6 is 0 Å². The Kier molecular flexibility index (Phi) is 4.56. The number of benzene rings is 1. The molecular weight excluding hydrogens is 392 g/mol. The van der Waals surface area contributed by atoms with Crippen molar-refractivity contribution in [2.75, 3.05) is 13.9 Å². The summed E-state index contributed by atoms with van der Waals surface area (Å²) in [7, 11) is 1.24. The van der Waals surface area contributed by atoms with Gasteiger partial charge >= 0.3 is 5.97 Å². The van der Waals surface area contributed by atoms with E-state index in [0.29, 0.717) is 29.1 Å². The zero-order chi connectivity index (χ0) is 21.8. The smallest absolute Gasteiger partial charge is 0.336 e. The van der Waals surface area contributed by atoms with Crippen molar-refractivity contribution >= 4 is 17.4 Å². The molecule has 0 aromatic heterocycles. The third-order valence-electron chi connectivity index (χ3n) is 5.67. The highest BCUT2D eigenvalue weighted by molar-refractivity contribution is 6.04. The molecule has 1 atom stereocenters. The zero-order valence-corrected chi connectivity index (χ0v) is 17.2. The number of carbonyl (C=O) groups is 2. The number of ether oxygens (including phenoxy) is 3. The number of fused-ring (bicyclic) bond motifs is 1. The highest BCUT2D eigenvalue weighted by Crippen LogP contribution is 2.50. The van der Waals surface area contributed by atoms with Crippen LogP contribution in [0.2, 0.25) is 0 Å². The molecule has 0 amide bonds. The predicted molar refractivity (Wildman–Crippen MR) is 105 cm³/mol. The molecular formula is C21H22N2O7. The monoisotopic (exact) mass is 414 g/mol. The van der Waals surface area contributed by atoms with Crippen molar-refractivity contribution in [2.45, 2.75) is 39.5 Å². The summed E-state index contributed by atoms with van der Waals surface area (Å²) >= 11 is 0. The molecule has 158 valence electrons. The molecule has 9 nitrogen and oxygen atoms in total. The fourth-order valence-electron chi connectivity index (χ4n) is 4.46. The summed E-state index contributed by atoms with van der Waals surface area (Å²) in [5, 5.41) is 15.1. The second-order valence-electron chi connectivity index (χ2n) is 8.44. The Morgan fingerprint density at radius 2 is 1.93 bits per heavy atom. The third-order valence-corrected chi connectivity index (χ3v) is 5.67. The zero-order valence-electron chi connectivity index (χ0n) is 17.2. The number of dihydropyridines is 1. The molecule has 2 aliphatic heterocycles. The van der Waals surface area contributed by atoms with Crippen LogP contribution in [0.3, 0.4) is 0 Å². The first kappa shape index (κ1) is 19.9. The average molecular weight is 414 g/mol. The maximum Gasteiger partial charge on any atom is 0.336 e. The number of nitro benzene ring substituents is 1. The van der Waals surface area contributed by atoms with Gasteiger partial charge in [-0.3, -0.25) is 14.9 Å². The first-order chi connectivity index (χ1) is 14.1. The van der Waals surface area contributed by atoms with Crippen LogP contribution in [0.4, 0.5) is 5.69 Å². The molecule has 1 aromatic carbocycles. The van der Waals surface area contributed by atoms with Crippen LogP contribution in [-0.4, -0.2) is 30.6 Å². The Hall–Kier alpha value is -3.36. The molecule has 4 rings (SSSR count). The molecule has 0 spiro atoms. The lowest BCUT2D eigenvalue weighted by Crippen LogP contribution is -2.38. The minimum atomic E-state index is -0.938. The van der Waals surface area contributed by atoms with Gasteiger partial charge in [-0.2, -0.15) is 0 Å². The maximum absolute atomic E-state index is 13.2. The number of rotatable bonds is 3. The molecule has 1 unspecified atom stereocenters. The Morgan fingerprint density at radius 3 is 2.57 bits per heavy atom. The Balaban J connectivity index is 1.99. The van der Waals surface area contributed by atoms with Gasteiger partial charge in [-0.1, -0.05) is 13.8 Å². The molecule has 0 saturated carbocycles. The van der Waals surface area contributed by atoms with Crippen LogP contribution in [0.15, 0.2) is 34.7 Å². The van der Waals surface area contributed by atoms with E-state index in [9.17, 15) is 19.7 Å². The quantitative estimate of drug-likeness (QED) is 0.456. The molecule has 1 aromatic rings. The van der Waals surface area contributed by atoms with Gasteiger partial charge in [0.15, 0.2) is 17.3 Å². The van der Waals surface area contributed by atoms with E-state index in [0.717, 1.165) is 0 Å². The lowest BCUT2D eigenvalue weighted by Gasteiger charge is -2.39. The fourth-order valence-corrected chi connectivity index (χ4v) is 4.46. The van der Waals surface area contributed by atoms with E-state index in [4.69, 9.17) is 14.2 Å². The van der Waals surface area contributed by atoms with Crippen molar-refractivity contribution in [3.8, 4) is 11.5 Å². The summed E-state index contributed by atoms with van der Waals surface area (Å²) in [6.07, 6.45) is 0.852. The lowest BCUT2D eigenvalue weighted by atomic mass is 9.68. The second-order valence-corrected chi connectivity index (χ2v) is 8.44. The van der Waals surface area contributed by atoms with Crippen LogP contribution in [0.25, 0.3) is 0 Å². The Morgan fingerprint density at radius 1 is 1.27 bits per heavy atom. The highest BCUT2D eigenvalue weighted by Gasteiger charge is 2.45. The normalized spacial score (nSPS) is 21.9. The van der Waals surface area contributed by atoms with Crippen molar-refractivity contribution < 1.29 is 28.7 Å². The van der Waals surface area contributed by atoms with E-state index in [2.05, 4.69) is 5.32 Å². The van der Waals surface area contributed by atoms with Gasteiger partial charge in [0.2, 0.25) is 6.79 Å². The first-order valence-electron chi connectivity index (χ1n) is 9.53. The number of hydrogen-bond acceptors (Lipinski definition) is 8. The Labute approximate surface area is 172 Å². The van der Waals surface area contributed by atoms with Gasteiger partial charge in [0, 0.05) is 29.0 Å². The van der Waals surface area contributed by atoms with Crippen LogP contribution in [0.5, 0.6) is 11.5 Å². The van der Waals surface area contributed by atoms with E-state index < -0.39 is 16.8 Å². The van der Waals surface area contributed by atoms with E-state index in [-0.39, 0.29) is 47.0 Å². The van der Waals surface area contributed by atoms with Crippen molar-refractivity contribution in [3.63, 3.8) is 0 Å². The van der Waals surface area contributed by atoms with Crippen LogP contribution in [-0.2, 0) is 14.3 Å². The number of Topliss-reactive ketones (excluding diaryl/α,β-unsaturated/α-hetero) is 1. The molecule has 3 aliphatic rings. The fraction of sp³-hybridized carbons (Fsp3) is 0.429. The average Bonchev–Trinajstić information content (AvgIpc) is 3.11. The van der Waals surface area contributed by atoms with Crippen molar-refractivity contribution in [1.29, 1.82) is 0 Å². The number of esters is 1. The molecule has 0 bridgehead atoms. The van der Waals surface area contributed by atoms with E-state index in [1.54, 1.807) is 6.92 Å². The second kappa shape index (κ2) is 6.86. The number of hydrogen-bond donors (Lipinski definition) is 1. The molecule has 2 heterocycles. The standard InChI is InChI=1S/C21H22N2O7/c1-10-17(20(25)28-4)18(19-12(22-10)7-21(2,3)8-14(19)24)11-5-15-16(30-9-29-15)6-13(11)23(26)27/h5-6,18,22H,7-9H2,1-4H3. The highest BCUT2D eigenvalue weighted by atomic mass is 16.7. The Bertz CT molecular complexity index is 1050. The molecule has 9 heteroatoms. The minimum Gasteiger partial charge on any atom is -0.466 e. The summed E-state index contributed by atoms with van der Waals surface area (Å²) in [5.74, 6) is -1.15. The van der Waals surface area contributed by atoms with Crippen molar-refractivity contribution in [3.05, 3.63) is 50.4 Å².